The fraction of sp³-hybridized carbons (Fsp3) is 0.308. The maximum absolute atomic E-state index is 9.08. The highest BCUT2D eigenvalue weighted by Gasteiger charge is 2.10. The van der Waals surface area contributed by atoms with Gasteiger partial charge in [-0.15, -0.1) is 10.2 Å². The Morgan fingerprint density at radius 3 is 2.89 bits per heavy atom. The molecule has 0 saturated heterocycles. The van der Waals surface area contributed by atoms with Crippen LogP contribution < -0.4 is 11.1 Å². The number of hydrogen-bond acceptors (Lipinski definition) is 5. The van der Waals surface area contributed by atoms with E-state index in [9.17, 15) is 0 Å². The lowest BCUT2D eigenvalue weighted by Gasteiger charge is -2.13. The van der Waals surface area contributed by atoms with E-state index in [-0.39, 0.29) is 6.04 Å². The highest BCUT2D eigenvalue weighted by molar-refractivity contribution is 5.92. The van der Waals surface area contributed by atoms with E-state index in [0.717, 1.165) is 17.3 Å². The SMILES string of the molecule is CCC(N)CNc1c(C#N)nnc2ccccc12. The fourth-order valence-corrected chi connectivity index (χ4v) is 1.69. The van der Waals surface area contributed by atoms with Gasteiger partial charge in [0.2, 0.25) is 0 Å². The molecule has 2 rings (SSSR count). The molecule has 1 atom stereocenters. The minimum Gasteiger partial charge on any atom is -0.381 e. The fourth-order valence-electron chi connectivity index (χ4n) is 1.69. The summed E-state index contributed by atoms with van der Waals surface area (Å²) in [5, 5.41) is 21.1. The zero-order valence-corrected chi connectivity index (χ0v) is 10.2. The number of hydrogen-bond donors (Lipinski definition) is 2. The first-order chi connectivity index (χ1) is 8.76. The number of rotatable bonds is 4. The number of nitrogens with two attached hydrogens (primary N) is 1. The topological polar surface area (TPSA) is 87.6 Å². The van der Waals surface area contributed by atoms with Gasteiger partial charge in [0.05, 0.1) is 11.2 Å². The Morgan fingerprint density at radius 2 is 2.17 bits per heavy atom. The molecule has 0 amide bonds. The predicted molar refractivity (Wildman–Crippen MR) is 71.0 cm³/mol. The molecule has 92 valence electrons. The highest BCUT2D eigenvalue weighted by atomic mass is 15.1. The largest absolute Gasteiger partial charge is 0.381 e. The lowest BCUT2D eigenvalue weighted by atomic mass is 10.1. The average Bonchev–Trinajstić information content (AvgIpc) is 2.44. The third kappa shape index (κ3) is 2.39. The molecule has 0 saturated carbocycles. The first-order valence-electron chi connectivity index (χ1n) is 5.91. The lowest BCUT2D eigenvalue weighted by Crippen LogP contribution is -2.28. The van der Waals surface area contributed by atoms with Gasteiger partial charge in [0, 0.05) is 18.0 Å². The summed E-state index contributed by atoms with van der Waals surface area (Å²) in [5.41, 5.74) is 7.66. The Labute approximate surface area is 106 Å². The summed E-state index contributed by atoms with van der Waals surface area (Å²) in [4.78, 5) is 0. The molecule has 3 N–H and O–H groups in total. The Balaban J connectivity index is 2.42. The van der Waals surface area contributed by atoms with Crippen LogP contribution in [0.5, 0.6) is 0 Å². The van der Waals surface area contributed by atoms with Gasteiger partial charge in [-0.2, -0.15) is 5.26 Å². The van der Waals surface area contributed by atoms with Gasteiger partial charge in [0.15, 0.2) is 5.69 Å². The average molecular weight is 241 g/mol. The normalized spacial score (nSPS) is 12.1. The number of nitrogens with one attached hydrogen (secondary N) is 1. The molecule has 0 aliphatic carbocycles. The molecular formula is C13H15N5. The molecule has 0 radical (unpaired) electrons. The quantitative estimate of drug-likeness (QED) is 0.849. The molecule has 0 bridgehead atoms. The van der Waals surface area contributed by atoms with Crippen LogP contribution in [0.3, 0.4) is 0 Å². The van der Waals surface area contributed by atoms with Crippen LogP contribution in [0.2, 0.25) is 0 Å². The van der Waals surface area contributed by atoms with Crippen LogP contribution in [-0.2, 0) is 0 Å². The lowest BCUT2D eigenvalue weighted by molar-refractivity contribution is 0.679. The third-order valence-electron chi connectivity index (χ3n) is 2.84. The zero-order valence-electron chi connectivity index (χ0n) is 10.2. The second-order valence-corrected chi connectivity index (χ2v) is 4.10. The predicted octanol–water partition coefficient (Wildman–Crippen LogP) is 1.65. The van der Waals surface area contributed by atoms with Crippen molar-refractivity contribution < 1.29 is 0 Å². The van der Waals surface area contributed by atoms with Crippen molar-refractivity contribution in [3.63, 3.8) is 0 Å². The molecule has 18 heavy (non-hydrogen) atoms. The van der Waals surface area contributed by atoms with Gasteiger partial charge in [-0.3, -0.25) is 0 Å². The first-order valence-corrected chi connectivity index (χ1v) is 5.91. The van der Waals surface area contributed by atoms with Gasteiger partial charge in [-0.1, -0.05) is 25.1 Å². The van der Waals surface area contributed by atoms with E-state index in [4.69, 9.17) is 11.0 Å². The Morgan fingerprint density at radius 1 is 1.39 bits per heavy atom. The molecule has 5 nitrogen and oxygen atoms in total. The van der Waals surface area contributed by atoms with E-state index in [1.165, 1.54) is 0 Å². The standard InChI is InChI=1S/C13H15N5/c1-2-9(15)8-16-13-10-5-3-4-6-11(10)17-18-12(13)7-14/h3-6,9H,2,8,15H2,1H3,(H,16,17). The Hall–Kier alpha value is -2.19. The van der Waals surface area contributed by atoms with Gasteiger partial charge in [0.1, 0.15) is 6.07 Å². The summed E-state index contributed by atoms with van der Waals surface area (Å²) >= 11 is 0. The Bertz CT molecular complexity index is 587. The number of fused-ring (bicyclic) bond motifs is 1. The second kappa shape index (κ2) is 5.43. The van der Waals surface area contributed by atoms with Crippen molar-refractivity contribution in [1.82, 2.24) is 10.2 Å². The van der Waals surface area contributed by atoms with E-state index in [2.05, 4.69) is 21.6 Å². The van der Waals surface area contributed by atoms with Crippen LogP contribution in [0.1, 0.15) is 19.0 Å². The maximum Gasteiger partial charge on any atom is 0.186 e. The molecule has 2 aromatic rings. The van der Waals surface area contributed by atoms with Gasteiger partial charge < -0.3 is 11.1 Å². The van der Waals surface area contributed by atoms with Gasteiger partial charge >= 0.3 is 0 Å². The maximum atomic E-state index is 9.08. The van der Waals surface area contributed by atoms with E-state index < -0.39 is 0 Å². The molecule has 5 heteroatoms. The summed E-state index contributed by atoms with van der Waals surface area (Å²) in [5.74, 6) is 0. The molecule has 0 fully saturated rings. The molecule has 1 unspecified atom stereocenters. The molecule has 1 heterocycles. The van der Waals surface area contributed by atoms with Crippen LogP contribution in [0.15, 0.2) is 24.3 Å². The van der Waals surface area contributed by atoms with Crippen molar-refractivity contribution in [3.05, 3.63) is 30.0 Å². The van der Waals surface area contributed by atoms with Crippen molar-refractivity contribution in [2.24, 2.45) is 5.73 Å². The number of aromatic nitrogens is 2. The van der Waals surface area contributed by atoms with Crippen molar-refractivity contribution in [2.75, 3.05) is 11.9 Å². The molecule has 1 aromatic heterocycles. The van der Waals surface area contributed by atoms with Crippen LogP contribution >= 0.6 is 0 Å². The summed E-state index contributed by atoms with van der Waals surface area (Å²) in [6, 6.07) is 9.71. The summed E-state index contributed by atoms with van der Waals surface area (Å²) in [7, 11) is 0. The molecule has 1 aromatic carbocycles. The first kappa shape index (κ1) is 12.3. The zero-order chi connectivity index (χ0) is 13.0. The number of anilines is 1. The van der Waals surface area contributed by atoms with Crippen molar-refractivity contribution in [1.29, 1.82) is 5.26 Å². The van der Waals surface area contributed by atoms with Crippen LogP contribution in [0.4, 0.5) is 5.69 Å². The van der Waals surface area contributed by atoms with Crippen molar-refractivity contribution in [3.8, 4) is 6.07 Å². The number of benzene rings is 1. The van der Waals surface area contributed by atoms with Gasteiger partial charge in [-0.05, 0) is 12.5 Å². The summed E-state index contributed by atoms with van der Waals surface area (Å²) in [6.45, 7) is 2.64. The minimum atomic E-state index is 0.0588. The monoisotopic (exact) mass is 241 g/mol. The smallest absolute Gasteiger partial charge is 0.186 e. The van der Waals surface area contributed by atoms with Crippen molar-refractivity contribution in [2.45, 2.75) is 19.4 Å². The molecular weight excluding hydrogens is 226 g/mol. The summed E-state index contributed by atoms with van der Waals surface area (Å²) < 4.78 is 0. The number of nitrogens with zero attached hydrogens (tertiary/aromatic N) is 3. The minimum absolute atomic E-state index is 0.0588. The van der Waals surface area contributed by atoms with E-state index >= 15 is 0 Å². The van der Waals surface area contributed by atoms with Gasteiger partial charge in [-0.25, -0.2) is 0 Å². The summed E-state index contributed by atoms with van der Waals surface area (Å²) in [6.07, 6.45) is 0.880. The van der Waals surface area contributed by atoms with Crippen LogP contribution in [0, 0.1) is 11.3 Å². The third-order valence-corrected chi connectivity index (χ3v) is 2.84. The number of nitriles is 1. The Kier molecular flexibility index (Phi) is 3.70. The highest BCUT2D eigenvalue weighted by Crippen LogP contribution is 2.23. The second-order valence-electron chi connectivity index (χ2n) is 4.10. The van der Waals surface area contributed by atoms with E-state index in [1.807, 2.05) is 31.2 Å². The van der Waals surface area contributed by atoms with Crippen LogP contribution in [-0.4, -0.2) is 22.8 Å². The van der Waals surface area contributed by atoms with Crippen molar-refractivity contribution >= 4 is 16.6 Å². The molecule has 0 aliphatic heterocycles. The molecule has 0 aliphatic rings. The van der Waals surface area contributed by atoms with Crippen LogP contribution in [0.25, 0.3) is 10.9 Å². The molecule has 0 spiro atoms. The van der Waals surface area contributed by atoms with E-state index in [0.29, 0.717) is 17.9 Å². The van der Waals surface area contributed by atoms with E-state index in [1.54, 1.807) is 0 Å². The van der Waals surface area contributed by atoms with Gasteiger partial charge in [0.25, 0.3) is 0 Å².